The van der Waals surface area contributed by atoms with Gasteiger partial charge in [0.2, 0.25) is 11.8 Å². The number of carbonyl (C=O) groups is 2. The van der Waals surface area contributed by atoms with Crippen LogP contribution in [0.5, 0.6) is 5.75 Å². The zero-order valence-corrected chi connectivity index (χ0v) is 17.1. The van der Waals surface area contributed by atoms with Crippen LogP contribution in [0.3, 0.4) is 0 Å². The van der Waals surface area contributed by atoms with E-state index in [0.717, 1.165) is 26.9 Å². The van der Waals surface area contributed by atoms with Crippen LogP contribution < -0.4 is 15.5 Å². The number of hydrazone groups is 1. The summed E-state index contributed by atoms with van der Waals surface area (Å²) in [4.78, 5) is 23.9. The highest BCUT2D eigenvalue weighted by molar-refractivity contribution is 9.10. The number of aryl methyl sites for hydroxylation is 2. The summed E-state index contributed by atoms with van der Waals surface area (Å²) in [5, 5.41) is 6.74. The third-order valence-corrected chi connectivity index (χ3v) is 4.31. The van der Waals surface area contributed by atoms with Crippen molar-refractivity contribution in [1.82, 2.24) is 5.43 Å². The van der Waals surface area contributed by atoms with Crippen LogP contribution in [0.4, 0.5) is 5.69 Å². The number of halogens is 1. The standard InChI is InChI=1S/C20H22BrN3O3/c1-13-4-6-17(14(2)10-13)23-19(25)8-9-20(26)24-22-12-15-11-16(21)5-7-18(15)27-3/h4-7,10-12H,8-9H2,1-3H3,(H,23,25)(H,24,26). The molecule has 6 nitrogen and oxygen atoms in total. The highest BCUT2D eigenvalue weighted by atomic mass is 79.9. The molecule has 0 heterocycles. The van der Waals surface area contributed by atoms with E-state index in [-0.39, 0.29) is 24.7 Å². The van der Waals surface area contributed by atoms with Crippen molar-refractivity contribution in [1.29, 1.82) is 0 Å². The Labute approximate surface area is 167 Å². The molecule has 0 saturated heterocycles. The maximum absolute atomic E-state index is 12.0. The van der Waals surface area contributed by atoms with Crippen molar-refractivity contribution >= 4 is 39.6 Å². The number of hydrogen-bond donors (Lipinski definition) is 2. The summed E-state index contributed by atoms with van der Waals surface area (Å²) < 4.78 is 6.11. The predicted molar refractivity (Wildman–Crippen MR) is 110 cm³/mol. The summed E-state index contributed by atoms with van der Waals surface area (Å²) >= 11 is 3.37. The van der Waals surface area contributed by atoms with Gasteiger partial charge in [0.1, 0.15) is 5.75 Å². The van der Waals surface area contributed by atoms with E-state index in [2.05, 4.69) is 31.8 Å². The first-order chi connectivity index (χ1) is 12.9. The zero-order chi connectivity index (χ0) is 19.8. The average molecular weight is 432 g/mol. The molecule has 2 amide bonds. The largest absolute Gasteiger partial charge is 0.496 e. The molecule has 7 heteroatoms. The highest BCUT2D eigenvalue weighted by Crippen LogP contribution is 2.21. The van der Waals surface area contributed by atoms with Crippen molar-refractivity contribution in [2.45, 2.75) is 26.7 Å². The lowest BCUT2D eigenvalue weighted by Gasteiger charge is -2.09. The van der Waals surface area contributed by atoms with Gasteiger partial charge in [0.15, 0.2) is 0 Å². The van der Waals surface area contributed by atoms with Crippen LogP contribution in [0.25, 0.3) is 0 Å². The molecule has 2 N–H and O–H groups in total. The smallest absolute Gasteiger partial charge is 0.240 e. The third kappa shape index (κ3) is 6.53. The van der Waals surface area contributed by atoms with E-state index in [1.165, 1.54) is 6.21 Å². The summed E-state index contributed by atoms with van der Waals surface area (Å²) in [7, 11) is 1.56. The quantitative estimate of drug-likeness (QED) is 0.514. The van der Waals surface area contributed by atoms with E-state index >= 15 is 0 Å². The number of methoxy groups -OCH3 is 1. The molecule has 27 heavy (non-hydrogen) atoms. The lowest BCUT2D eigenvalue weighted by molar-refractivity contribution is -0.124. The van der Waals surface area contributed by atoms with Crippen LogP contribution in [0.15, 0.2) is 46.0 Å². The van der Waals surface area contributed by atoms with Crippen LogP contribution in [0, 0.1) is 13.8 Å². The van der Waals surface area contributed by atoms with E-state index in [1.807, 2.05) is 44.2 Å². The fourth-order valence-corrected chi connectivity index (χ4v) is 2.81. The first-order valence-electron chi connectivity index (χ1n) is 8.41. The second kappa shape index (κ2) is 9.87. The third-order valence-electron chi connectivity index (χ3n) is 3.82. The van der Waals surface area contributed by atoms with E-state index in [1.54, 1.807) is 13.2 Å². The Balaban J connectivity index is 1.82. The number of benzene rings is 2. The lowest BCUT2D eigenvalue weighted by atomic mass is 10.1. The van der Waals surface area contributed by atoms with Crippen LogP contribution >= 0.6 is 15.9 Å². The van der Waals surface area contributed by atoms with Crippen molar-refractivity contribution < 1.29 is 14.3 Å². The number of amides is 2. The summed E-state index contributed by atoms with van der Waals surface area (Å²) in [6, 6.07) is 11.3. The van der Waals surface area contributed by atoms with Crippen molar-refractivity contribution in [3.8, 4) is 5.75 Å². The molecule has 0 aliphatic rings. The Bertz CT molecular complexity index is 866. The second-order valence-electron chi connectivity index (χ2n) is 6.05. The van der Waals surface area contributed by atoms with Crippen LogP contribution in [0.1, 0.15) is 29.5 Å². The molecule has 0 aliphatic heterocycles. The maximum atomic E-state index is 12.0. The van der Waals surface area contributed by atoms with Gasteiger partial charge in [0, 0.05) is 28.6 Å². The maximum Gasteiger partial charge on any atom is 0.240 e. The van der Waals surface area contributed by atoms with E-state index < -0.39 is 0 Å². The first kappa shape index (κ1) is 20.6. The number of nitrogens with one attached hydrogen (secondary N) is 2. The van der Waals surface area contributed by atoms with Gasteiger partial charge in [0.05, 0.1) is 13.3 Å². The molecular formula is C20H22BrN3O3. The highest BCUT2D eigenvalue weighted by Gasteiger charge is 2.08. The molecule has 0 saturated carbocycles. The molecule has 0 atom stereocenters. The minimum Gasteiger partial charge on any atom is -0.496 e. The minimum atomic E-state index is -0.337. The normalized spacial score (nSPS) is 10.7. The van der Waals surface area contributed by atoms with Crippen LogP contribution in [-0.2, 0) is 9.59 Å². The molecule has 0 radical (unpaired) electrons. The summed E-state index contributed by atoms with van der Waals surface area (Å²) in [6.45, 7) is 3.92. The molecular weight excluding hydrogens is 410 g/mol. The van der Waals surface area contributed by atoms with E-state index in [0.29, 0.717) is 5.75 Å². The van der Waals surface area contributed by atoms with Gasteiger partial charge in [-0.25, -0.2) is 5.43 Å². The number of ether oxygens (including phenoxy) is 1. The molecule has 0 bridgehead atoms. The van der Waals surface area contributed by atoms with Crippen molar-refractivity contribution in [3.63, 3.8) is 0 Å². The first-order valence-corrected chi connectivity index (χ1v) is 9.21. The monoisotopic (exact) mass is 431 g/mol. The molecule has 2 rings (SSSR count). The Morgan fingerprint density at radius 3 is 2.56 bits per heavy atom. The van der Waals surface area contributed by atoms with E-state index in [9.17, 15) is 9.59 Å². The molecule has 0 fully saturated rings. The van der Waals surface area contributed by atoms with Crippen molar-refractivity contribution in [3.05, 3.63) is 57.6 Å². The molecule has 0 unspecified atom stereocenters. The Morgan fingerprint density at radius 1 is 1.11 bits per heavy atom. The van der Waals surface area contributed by atoms with Crippen molar-refractivity contribution in [2.75, 3.05) is 12.4 Å². The molecule has 2 aromatic rings. The summed E-state index contributed by atoms with van der Waals surface area (Å²) in [5.74, 6) is 0.0924. The van der Waals surface area contributed by atoms with Crippen LogP contribution in [0.2, 0.25) is 0 Å². The van der Waals surface area contributed by atoms with Crippen molar-refractivity contribution in [2.24, 2.45) is 5.10 Å². The van der Waals surface area contributed by atoms with E-state index in [4.69, 9.17) is 4.74 Å². The van der Waals surface area contributed by atoms with Gasteiger partial charge in [-0.3, -0.25) is 9.59 Å². The van der Waals surface area contributed by atoms with Gasteiger partial charge in [0.25, 0.3) is 0 Å². The number of carbonyl (C=O) groups excluding carboxylic acids is 2. The lowest BCUT2D eigenvalue weighted by Crippen LogP contribution is -2.21. The average Bonchev–Trinajstić information content (AvgIpc) is 2.62. The predicted octanol–water partition coefficient (Wildman–Crippen LogP) is 3.94. The Hall–Kier alpha value is -2.67. The van der Waals surface area contributed by atoms with Crippen LogP contribution in [-0.4, -0.2) is 25.1 Å². The van der Waals surface area contributed by atoms with Gasteiger partial charge < -0.3 is 10.1 Å². The molecule has 0 aromatic heterocycles. The topological polar surface area (TPSA) is 79.8 Å². The molecule has 0 spiro atoms. The summed E-state index contributed by atoms with van der Waals surface area (Å²) in [5.41, 5.74) is 6.01. The second-order valence-corrected chi connectivity index (χ2v) is 6.96. The number of rotatable bonds is 7. The minimum absolute atomic E-state index is 0.0453. The Morgan fingerprint density at radius 2 is 1.85 bits per heavy atom. The molecule has 0 aliphatic carbocycles. The number of anilines is 1. The summed E-state index contributed by atoms with van der Waals surface area (Å²) in [6.07, 6.45) is 1.62. The van der Waals surface area contributed by atoms with Gasteiger partial charge in [-0.15, -0.1) is 0 Å². The molecule has 2 aromatic carbocycles. The molecule has 142 valence electrons. The number of nitrogens with zero attached hydrogens (tertiary/aromatic N) is 1. The number of hydrogen-bond acceptors (Lipinski definition) is 4. The van der Waals surface area contributed by atoms with Gasteiger partial charge >= 0.3 is 0 Å². The Kier molecular flexibility index (Phi) is 7.55. The SMILES string of the molecule is COc1ccc(Br)cc1C=NNC(=O)CCC(=O)Nc1ccc(C)cc1C. The fourth-order valence-electron chi connectivity index (χ4n) is 2.43. The fraction of sp³-hybridized carbons (Fsp3) is 0.250. The zero-order valence-electron chi connectivity index (χ0n) is 15.5. The van der Waals surface area contributed by atoms with Gasteiger partial charge in [-0.05, 0) is 43.7 Å². The van der Waals surface area contributed by atoms with Gasteiger partial charge in [-0.1, -0.05) is 33.6 Å². The van der Waals surface area contributed by atoms with Gasteiger partial charge in [-0.2, -0.15) is 5.10 Å².